The maximum absolute atomic E-state index is 6.62. The Morgan fingerprint density at radius 2 is 0.689 bits per heavy atom. The molecular weight excluding hydrogens is 1050 g/mol. The molecule has 392 valence electrons. The van der Waals surface area contributed by atoms with Gasteiger partial charge in [0.15, 0.2) is 11.5 Å². The van der Waals surface area contributed by atoms with Crippen molar-refractivity contribution in [1.29, 1.82) is 0 Å². The Kier molecular flexibility index (Phi) is 16.1. The second-order valence-corrected chi connectivity index (χ2v) is 50.8. The molecule has 10 aromatic rings. The summed E-state index contributed by atoms with van der Waals surface area (Å²) in [7, 11) is -5.80. The van der Waals surface area contributed by atoms with Gasteiger partial charge >= 0.3 is 0 Å². The van der Waals surface area contributed by atoms with E-state index in [1.165, 1.54) is 87.9 Å². The first kappa shape index (κ1) is 55.2. The molecule has 0 radical (unpaired) electrons. The summed E-state index contributed by atoms with van der Waals surface area (Å²) in [5, 5.41) is 5.12. The molecular formula is C60H80N4O2S4Si4. The minimum Gasteiger partial charge on any atom is -0.489 e. The first-order valence-electron chi connectivity index (χ1n) is 27.5. The minimum atomic E-state index is -1.51. The fourth-order valence-electron chi connectivity index (χ4n) is 9.67. The van der Waals surface area contributed by atoms with Crippen molar-refractivity contribution in [3.8, 4) is 11.5 Å². The standard InChI is InChI=1S/C38H56N2O2S2Si2.C22H24N2S2Si2/c1-11-15-17-25(13-3)23-41-31-21-29-30(22-32(31)42-24-26(14-4)18-16-12-2)40-36-28-20-34(46(8,9)10)44-38(28)37-27(35(36)39-29)19-33(43-37)45(5,6)7;1-27(2,3)17-11-13-19-20(24-16-10-8-7-9-15(16)23-19)14-12-18(28(4,5)6)26-22(14)21(13)25-17/h19-22,25-26H,11-18,23-24H2,1-10H3;7-12H,1-6H3. The molecule has 10 rings (SSSR count). The zero-order chi connectivity index (χ0) is 53.1. The topological polar surface area (TPSA) is 70.0 Å². The first-order chi connectivity index (χ1) is 35.0. The van der Waals surface area contributed by atoms with Gasteiger partial charge in [-0.15, -0.1) is 45.3 Å². The van der Waals surface area contributed by atoms with Gasteiger partial charge < -0.3 is 9.47 Å². The van der Waals surface area contributed by atoms with Crippen LogP contribution in [-0.4, -0.2) is 65.4 Å². The van der Waals surface area contributed by atoms with E-state index in [1.807, 2.05) is 57.5 Å². The van der Waals surface area contributed by atoms with Crippen LogP contribution in [0.1, 0.15) is 79.1 Å². The van der Waals surface area contributed by atoms with Crippen molar-refractivity contribution in [2.45, 2.75) is 158 Å². The largest absolute Gasteiger partial charge is 0.489 e. The van der Waals surface area contributed by atoms with Crippen LogP contribution in [-0.2, 0) is 0 Å². The van der Waals surface area contributed by atoms with Gasteiger partial charge in [0.1, 0.15) is 0 Å². The maximum Gasteiger partial charge on any atom is 0.163 e. The van der Waals surface area contributed by atoms with Crippen molar-refractivity contribution in [2.24, 2.45) is 11.8 Å². The lowest BCUT2D eigenvalue weighted by Gasteiger charge is -2.20. The van der Waals surface area contributed by atoms with Crippen molar-refractivity contribution in [3.05, 3.63) is 60.7 Å². The molecule has 4 aromatic carbocycles. The molecule has 0 saturated heterocycles. The Morgan fingerprint density at radius 1 is 0.405 bits per heavy atom. The molecule has 2 unspecified atom stereocenters. The van der Waals surface area contributed by atoms with Crippen LogP contribution in [0.25, 0.3) is 84.5 Å². The Bertz CT molecular complexity index is 3420. The molecule has 2 atom stereocenters. The highest BCUT2D eigenvalue weighted by molar-refractivity contribution is 7.39. The van der Waals surface area contributed by atoms with E-state index >= 15 is 0 Å². The number of unbranched alkanes of at least 4 members (excludes halogenated alkanes) is 2. The van der Waals surface area contributed by atoms with E-state index in [9.17, 15) is 0 Å². The van der Waals surface area contributed by atoms with Crippen molar-refractivity contribution >= 4 is 180 Å². The van der Waals surface area contributed by atoms with Gasteiger partial charge in [-0.2, -0.15) is 0 Å². The van der Waals surface area contributed by atoms with E-state index in [0.29, 0.717) is 25.0 Å². The summed E-state index contributed by atoms with van der Waals surface area (Å²) in [4.78, 5) is 21.0. The number of para-hydroxylation sites is 2. The van der Waals surface area contributed by atoms with Crippen LogP contribution < -0.4 is 27.5 Å². The first-order valence-corrected chi connectivity index (χ1v) is 44.7. The Balaban J connectivity index is 0.000000203. The number of rotatable bonds is 18. The zero-order valence-corrected chi connectivity index (χ0v) is 54.5. The smallest absolute Gasteiger partial charge is 0.163 e. The van der Waals surface area contributed by atoms with Gasteiger partial charge in [-0.3, -0.25) is 0 Å². The predicted molar refractivity (Wildman–Crippen MR) is 345 cm³/mol. The van der Waals surface area contributed by atoms with Crippen LogP contribution in [0.2, 0.25) is 78.6 Å². The highest BCUT2D eigenvalue weighted by Crippen LogP contribution is 2.43. The third-order valence-electron chi connectivity index (χ3n) is 14.7. The van der Waals surface area contributed by atoms with E-state index in [0.717, 1.165) is 68.5 Å². The van der Waals surface area contributed by atoms with Gasteiger partial charge in [0, 0.05) is 33.7 Å². The van der Waals surface area contributed by atoms with Gasteiger partial charge in [0.05, 0.1) is 108 Å². The van der Waals surface area contributed by atoms with Gasteiger partial charge in [-0.1, -0.05) is 157 Å². The summed E-state index contributed by atoms with van der Waals surface area (Å²) in [6.07, 6.45) is 9.54. The number of fused-ring (bicyclic) bond motifs is 14. The molecule has 0 saturated carbocycles. The van der Waals surface area contributed by atoms with E-state index in [4.69, 9.17) is 29.4 Å². The van der Waals surface area contributed by atoms with Gasteiger partial charge in [0.2, 0.25) is 0 Å². The van der Waals surface area contributed by atoms with Gasteiger partial charge in [-0.25, -0.2) is 19.9 Å². The average Bonchev–Trinajstić information content (AvgIpc) is 4.18. The minimum absolute atomic E-state index is 0.539. The Morgan fingerprint density at radius 3 is 0.946 bits per heavy atom. The summed E-state index contributed by atoms with van der Waals surface area (Å²) in [5.74, 6) is 2.70. The molecule has 0 N–H and O–H groups in total. The second-order valence-electron chi connectivity index (χ2n) is 25.0. The van der Waals surface area contributed by atoms with Crippen LogP contribution in [0, 0.1) is 11.8 Å². The molecule has 0 amide bonds. The molecule has 0 aliphatic carbocycles. The second kappa shape index (κ2) is 21.7. The number of ether oxygens (including phenoxy) is 2. The highest BCUT2D eigenvalue weighted by atomic mass is 32.1. The molecule has 0 aliphatic rings. The summed E-state index contributed by atoms with van der Waals surface area (Å²) in [6.45, 7) is 39.7. The van der Waals surface area contributed by atoms with Crippen LogP contribution in [0.5, 0.6) is 11.5 Å². The quantitative estimate of drug-likeness (QED) is 0.0630. The fourth-order valence-corrected chi connectivity index (χ4v) is 22.1. The molecule has 14 heteroatoms. The Labute approximate surface area is 460 Å². The number of thiophene rings is 4. The lowest BCUT2D eigenvalue weighted by molar-refractivity contribution is 0.199. The molecule has 0 fully saturated rings. The van der Waals surface area contributed by atoms with E-state index < -0.39 is 32.3 Å². The van der Waals surface area contributed by atoms with Gasteiger partial charge in [0.25, 0.3) is 0 Å². The van der Waals surface area contributed by atoms with Crippen LogP contribution in [0.15, 0.2) is 60.7 Å². The monoisotopic (exact) mass is 1130 g/mol. The maximum atomic E-state index is 6.62. The number of aromatic nitrogens is 4. The molecule has 6 aromatic heterocycles. The molecule has 0 bridgehead atoms. The van der Waals surface area contributed by atoms with Gasteiger partial charge in [-0.05, 0) is 79.1 Å². The van der Waals surface area contributed by atoms with Crippen LogP contribution in [0.4, 0.5) is 0 Å². The highest BCUT2D eigenvalue weighted by Gasteiger charge is 2.29. The third kappa shape index (κ3) is 11.4. The van der Waals surface area contributed by atoms with E-state index in [1.54, 1.807) is 9.00 Å². The molecule has 0 spiro atoms. The van der Waals surface area contributed by atoms with Crippen molar-refractivity contribution in [1.82, 2.24) is 19.9 Å². The van der Waals surface area contributed by atoms with Crippen molar-refractivity contribution < 1.29 is 9.47 Å². The van der Waals surface area contributed by atoms with E-state index in [2.05, 4.69) is 155 Å². The molecule has 6 nitrogen and oxygen atoms in total. The fraction of sp³-hybridized carbons (Fsp3) is 0.467. The van der Waals surface area contributed by atoms with Crippen molar-refractivity contribution in [3.63, 3.8) is 0 Å². The number of hydrogen-bond donors (Lipinski definition) is 0. The number of hydrogen-bond acceptors (Lipinski definition) is 10. The summed E-state index contributed by atoms with van der Waals surface area (Å²) >= 11 is 7.99. The normalized spacial score (nSPS) is 13.8. The molecule has 6 heterocycles. The third-order valence-corrected chi connectivity index (χ3v) is 33.8. The van der Waals surface area contributed by atoms with Crippen LogP contribution in [0.3, 0.4) is 0 Å². The molecule has 0 aliphatic heterocycles. The Hall–Kier alpha value is -3.61. The predicted octanol–water partition coefficient (Wildman–Crippen LogP) is 17.8. The summed E-state index contributed by atoms with van der Waals surface area (Å²) < 4.78 is 25.0. The molecule has 74 heavy (non-hydrogen) atoms. The summed E-state index contributed by atoms with van der Waals surface area (Å²) in [5.41, 5.74) is 7.93. The lowest BCUT2D eigenvalue weighted by atomic mass is 10.0. The summed E-state index contributed by atoms with van der Waals surface area (Å²) in [6, 6.07) is 22.2. The number of nitrogens with zero attached hydrogens (tertiary/aromatic N) is 4. The SMILES string of the molecule is CCCCC(CC)COc1cc2nc3c4cc([Si](C)(C)C)sc4c4sc([Si](C)(C)C)cc4c3nc2cc1OCC(CC)CCCC.C[Si](C)(C)c1cc2c3nc4ccccc4nc3c3cc([Si](C)(C)C)sc3c2s1. The van der Waals surface area contributed by atoms with E-state index in [-0.39, 0.29) is 0 Å². The lowest BCUT2D eigenvalue weighted by Crippen LogP contribution is -2.34. The zero-order valence-electron chi connectivity index (χ0n) is 47.2. The average molecular weight is 1130 g/mol. The van der Waals surface area contributed by atoms with Crippen LogP contribution >= 0.6 is 45.3 Å². The number of benzene rings is 4. The van der Waals surface area contributed by atoms with Crippen molar-refractivity contribution in [2.75, 3.05) is 13.2 Å².